The summed E-state index contributed by atoms with van der Waals surface area (Å²) in [5.74, 6) is -32.5. The summed E-state index contributed by atoms with van der Waals surface area (Å²) in [6, 6.07) is 0. The third-order valence-corrected chi connectivity index (χ3v) is 3.13. The van der Waals surface area contributed by atoms with Crippen molar-refractivity contribution in [2.24, 2.45) is 0 Å². The molecule has 0 atom stereocenters. The minimum absolute atomic E-state index is 0.728. The Hall–Kier alpha value is -2.04. The summed E-state index contributed by atoms with van der Waals surface area (Å²) in [7, 11) is 0. The fourth-order valence-electron chi connectivity index (χ4n) is 1.42. The zero-order valence-electron chi connectivity index (χ0n) is 13.8. The molecule has 18 heteroatoms. The van der Waals surface area contributed by atoms with Crippen molar-refractivity contribution < 1.29 is 75.8 Å². The van der Waals surface area contributed by atoms with Crippen molar-refractivity contribution in [2.45, 2.75) is 48.9 Å². The molecule has 0 aromatic rings. The van der Waals surface area contributed by atoms with Crippen LogP contribution in [0.2, 0.25) is 0 Å². The van der Waals surface area contributed by atoms with E-state index in [1.54, 1.807) is 0 Å². The molecule has 0 saturated carbocycles. The minimum atomic E-state index is -6.82. The predicted molar refractivity (Wildman–Crippen MR) is 65.1 cm³/mol. The monoisotopic (exact) mass is 481 g/mol. The van der Waals surface area contributed by atoms with Crippen molar-refractivity contribution in [3.8, 4) is 0 Å². The van der Waals surface area contributed by atoms with Crippen LogP contribution in [0.25, 0.3) is 0 Å². The smallest absolute Gasteiger partial charge is 0.460 e. The minimum Gasteiger partial charge on any atom is -0.461 e. The van der Waals surface area contributed by atoms with Crippen LogP contribution >= 0.6 is 0 Å². The van der Waals surface area contributed by atoms with Gasteiger partial charge >= 0.3 is 42.0 Å². The summed E-state index contributed by atoms with van der Waals surface area (Å²) in [5.41, 5.74) is 0. The molecule has 0 aliphatic carbocycles. The van der Waals surface area contributed by atoms with E-state index < -0.39 is 73.9 Å². The van der Waals surface area contributed by atoms with Gasteiger partial charge in [0.2, 0.25) is 0 Å². The summed E-state index contributed by atoms with van der Waals surface area (Å²) < 4.78 is 176. The number of carbonyl (C=O) groups is 2. The Morgan fingerprint density at radius 1 is 0.633 bits per heavy atom. The van der Waals surface area contributed by atoms with Gasteiger partial charge < -0.3 is 10.1 Å². The molecular weight excluding hydrogens is 472 g/mol. The first-order valence-electron chi connectivity index (χ1n) is 7.15. The molecule has 30 heavy (non-hydrogen) atoms. The van der Waals surface area contributed by atoms with E-state index >= 15 is 0 Å². The Labute approximate surface area is 156 Å². The van der Waals surface area contributed by atoms with Crippen LogP contribution in [-0.4, -0.2) is 61.1 Å². The molecule has 0 unspecified atom stereocenters. The fourth-order valence-corrected chi connectivity index (χ4v) is 1.42. The Morgan fingerprint density at radius 2 is 1.03 bits per heavy atom. The third kappa shape index (κ3) is 5.35. The lowest BCUT2D eigenvalue weighted by Crippen LogP contribution is -2.59. The number of rotatable bonds is 9. The Morgan fingerprint density at radius 3 is 1.43 bits per heavy atom. The number of alkyl halides is 14. The van der Waals surface area contributed by atoms with Crippen molar-refractivity contribution >= 4 is 11.9 Å². The zero-order valence-corrected chi connectivity index (χ0v) is 13.8. The topological polar surface area (TPSA) is 55.4 Å². The summed E-state index contributed by atoms with van der Waals surface area (Å²) in [6.07, 6.45) is -15.1. The van der Waals surface area contributed by atoms with Gasteiger partial charge in [0.1, 0.15) is 0 Å². The largest absolute Gasteiger partial charge is 0.461 e. The van der Waals surface area contributed by atoms with Crippen LogP contribution in [0, 0.1) is 0 Å². The van der Waals surface area contributed by atoms with Crippen molar-refractivity contribution in [1.82, 2.24) is 5.32 Å². The number of hydrogen-bond donors (Lipinski definition) is 1. The van der Waals surface area contributed by atoms with Gasteiger partial charge in [0, 0.05) is 6.54 Å². The van der Waals surface area contributed by atoms with Crippen LogP contribution in [0.5, 0.6) is 0 Å². The van der Waals surface area contributed by atoms with E-state index in [-0.39, 0.29) is 0 Å². The zero-order chi connectivity index (χ0) is 24.4. The molecule has 0 fully saturated rings. The highest BCUT2D eigenvalue weighted by Gasteiger charge is 2.77. The van der Waals surface area contributed by atoms with Crippen LogP contribution in [0.15, 0.2) is 0 Å². The molecule has 178 valence electrons. The first-order chi connectivity index (χ1) is 13.0. The van der Waals surface area contributed by atoms with Crippen LogP contribution in [0.3, 0.4) is 0 Å². The van der Waals surface area contributed by atoms with Gasteiger partial charge in [0.15, 0.2) is 0 Å². The molecule has 0 saturated heterocycles. The Kier molecular flexibility index (Phi) is 8.02. The van der Waals surface area contributed by atoms with Crippen LogP contribution in [-0.2, 0) is 14.3 Å². The number of nitrogens with one attached hydrogen (secondary N) is 1. The van der Waals surface area contributed by atoms with Crippen molar-refractivity contribution in [3.05, 3.63) is 0 Å². The van der Waals surface area contributed by atoms with E-state index in [0.717, 1.165) is 5.32 Å². The summed E-state index contributed by atoms with van der Waals surface area (Å²) in [6.45, 7) is -2.41. The van der Waals surface area contributed by atoms with E-state index in [1.807, 2.05) is 0 Å². The van der Waals surface area contributed by atoms with E-state index in [9.17, 15) is 71.1 Å². The van der Waals surface area contributed by atoms with E-state index in [4.69, 9.17) is 0 Å². The van der Waals surface area contributed by atoms with Gasteiger partial charge in [-0.3, -0.25) is 4.79 Å². The lowest BCUT2D eigenvalue weighted by Gasteiger charge is -2.27. The molecule has 0 heterocycles. The number of ether oxygens (including phenoxy) is 1. The lowest BCUT2D eigenvalue weighted by atomic mass is 10.1. The summed E-state index contributed by atoms with van der Waals surface area (Å²) in [4.78, 5) is 21.5. The van der Waals surface area contributed by atoms with Crippen molar-refractivity contribution in [2.75, 3.05) is 13.2 Å². The maximum absolute atomic E-state index is 12.9. The highest BCUT2D eigenvalue weighted by Crippen LogP contribution is 2.47. The van der Waals surface area contributed by atoms with Gasteiger partial charge in [-0.15, -0.1) is 0 Å². The van der Waals surface area contributed by atoms with Crippen molar-refractivity contribution in [1.29, 1.82) is 0 Å². The Balaban J connectivity index is 4.60. The van der Waals surface area contributed by atoms with E-state index in [0.29, 0.717) is 0 Å². The second kappa shape index (κ2) is 8.60. The van der Waals surface area contributed by atoms with Crippen LogP contribution in [0.4, 0.5) is 61.5 Å². The lowest BCUT2D eigenvalue weighted by molar-refractivity contribution is -0.348. The summed E-state index contributed by atoms with van der Waals surface area (Å²) in [5, 5.41) is 0.937. The quantitative estimate of drug-likeness (QED) is 0.307. The second-order valence-corrected chi connectivity index (χ2v) is 5.39. The standard InChI is InChI=1S/C12H9F14NO3/c13-7(14,9(17,18)11(21,22)23)5(28)27-3-1-2-4-30-6(29)8(15,16)10(19,20)12(24,25)26/h1-4H2,(H,27,28). The molecule has 1 amide bonds. The first kappa shape index (κ1) is 28.0. The molecule has 0 spiro atoms. The number of amides is 1. The number of halogens is 14. The SMILES string of the molecule is O=C(NCCCCOC(=O)C(F)(F)C(F)(F)C(F)(F)F)C(F)(F)C(F)(F)C(F)(F)F. The number of esters is 1. The molecule has 0 rings (SSSR count). The van der Waals surface area contributed by atoms with Gasteiger partial charge in [0.25, 0.3) is 5.91 Å². The van der Waals surface area contributed by atoms with Crippen LogP contribution in [0.1, 0.15) is 12.8 Å². The first-order valence-corrected chi connectivity index (χ1v) is 7.15. The summed E-state index contributed by atoms with van der Waals surface area (Å²) >= 11 is 0. The second-order valence-electron chi connectivity index (χ2n) is 5.39. The molecule has 0 aromatic carbocycles. The number of carbonyl (C=O) groups excluding carboxylic acids is 2. The highest BCUT2D eigenvalue weighted by molar-refractivity contribution is 5.84. The molecule has 0 radical (unpaired) electrons. The van der Waals surface area contributed by atoms with Crippen molar-refractivity contribution in [3.63, 3.8) is 0 Å². The van der Waals surface area contributed by atoms with E-state index in [2.05, 4.69) is 4.74 Å². The molecule has 0 bridgehead atoms. The molecule has 1 N–H and O–H groups in total. The van der Waals surface area contributed by atoms with Gasteiger partial charge in [-0.2, -0.15) is 61.5 Å². The molecular formula is C12H9F14NO3. The maximum Gasteiger partial charge on any atom is 0.460 e. The van der Waals surface area contributed by atoms with Gasteiger partial charge in [-0.1, -0.05) is 0 Å². The maximum atomic E-state index is 12.9. The predicted octanol–water partition coefficient (Wildman–Crippen LogP) is 4.09. The van der Waals surface area contributed by atoms with Gasteiger partial charge in [0.05, 0.1) is 6.61 Å². The van der Waals surface area contributed by atoms with Gasteiger partial charge in [-0.05, 0) is 12.8 Å². The number of unbranched alkanes of at least 4 members (excludes halogenated alkanes) is 1. The molecule has 0 aliphatic heterocycles. The average molecular weight is 481 g/mol. The molecule has 4 nitrogen and oxygen atoms in total. The highest BCUT2D eigenvalue weighted by atomic mass is 19.4. The third-order valence-electron chi connectivity index (χ3n) is 3.13. The van der Waals surface area contributed by atoms with Gasteiger partial charge in [-0.25, -0.2) is 4.79 Å². The molecule has 0 aromatic heterocycles. The Bertz CT molecular complexity index is 571. The number of hydrogen-bond acceptors (Lipinski definition) is 3. The normalized spacial score (nSPS) is 14.5. The average Bonchev–Trinajstić information content (AvgIpc) is 2.54. The fraction of sp³-hybridized carbons (Fsp3) is 0.833. The van der Waals surface area contributed by atoms with E-state index in [1.165, 1.54) is 0 Å². The van der Waals surface area contributed by atoms with Crippen LogP contribution < -0.4 is 5.32 Å². The molecule has 0 aliphatic rings.